The molecular formula is C8H15NO3. The quantitative estimate of drug-likeness (QED) is 0.600. The average Bonchev–Trinajstić information content (AvgIpc) is 2.47. The van der Waals surface area contributed by atoms with Crippen molar-refractivity contribution >= 4 is 5.97 Å². The van der Waals surface area contributed by atoms with E-state index in [1.54, 1.807) is 7.11 Å². The molecule has 0 amide bonds. The van der Waals surface area contributed by atoms with Crippen molar-refractivity contribution in [2.75, 3.05) is 14.2 Å². The molecule has 70 valence electrons. The lowest BCUT2D eigenvalue weighted by Crippen LogP contribution is -2.46. The molecule has 2 atom stereocenters. The Morgan fingerprint density at radius 3 is 2.67 bits per heavy atom. The molecule has 1 rings (SSSR count). The minimum atomic E-state index is -0.810. The normalized spacial score (nSPS) is 35.1. The van der Waals surface area contributed by atoms with E-state index in [4.69, 9.17) is 10.5 Å². The SMILES string of the molecule is COC(=O)[C@]1(N)CC[C@H](OC)C1. The molecular weight excluding hydrogens is 158 g/mol. The van der Waals surface area contributed by atoms with Gasteiger partial charge in [-0.15, -0.1) is 0 Å². The van der Waals surface area contributed by atoms with Crippen LogP contribution < -0.4 is 5.73 Å². The van der Waals surface area contributed by atoms with Crippen molar-refractivity contribution in [3.63, 3.8) is 0 Å². The zero-order chi connectivity index (χ0) is 9.19. The number of ether oxygens (including phenoxy) is 2. The van der Waals surface area contributed by atoms with Gasteiger partial charge in [-0.2, -0.15) is 0 Å². The number of carbonyl (C=O) groups excluding carboxylic acids is 1. The van der Waals surface area contributed by atoms with Gasteiger partial charge in [-0.05, 0) is 12.8 Å². The summed E-state index contributed by atoms with van der Waals surface area (Å²) in [7, 11) is 2.99. The summed E-state index contributed by atoms with van der Waals surface area (Å²) in [5.41, 5.74) is 5.01. The van der Waals surface area contributed by atoms with Crippen molar-refractivity contribution in [1.82, 2.24) is 0 Å². The van der Waals surface area contributed by atoms with Gasteiger partial charge in [0, 0.05) is 13.5 Å². The molecule has 1 saturated carbocycles. The van der Waals surface area contributed by atoms with E-state index in [0.29, 0.717) is 12.8 Å². The van der Waals surface area contributed by atoms with Gasteiger partial charge in [-0.3, -0.25) is 4.79 Å². The second-order valence-electron chi connectivity index (χ2n) is 3.25. The molecule has 1 fully saturated rings. The van der Waals surface area contributed by atoms with Crippen LogP contribution in [0.2, 0.25) is 0 Å². The first-order valence-electron chi connectivity index (χ1n) is 4.02. The molecule has 4 heteroatoms. The molecule has 0 aliphatic heterocycles. The van der Waals surface area contributed by atoms with Crippen molar-refractivity contribution < 1.29 is 14.3 Å². The van der Waals surface area contributed by atoms with E-state index in [9.17, 15) is 4.79 Å². The highest BCUT2D eigenvalue weighted by Gasteiger charge is 2.43. The Hall–Kier alpha value is -0.610. The predicted molar refractivity (Wildman–Crippen MR) is 43.6 cm³/mol. The Morgan fingerprint density at radius 2 is 2.25 bits per heavy atom. The molecule has 0 aromatic carbocycles. The maximum absolute atomic E-state index is 11.2. The Bertz CT molecular complexity index is 183. The van der Waals surface area contributed by atoms with E-state index in [0.717, 1.165) is 6.42 Å². The Kier molecular flexibility index (Phi) is 2.69. The fourth-order valence-electron chi connectivity index (χ4n) is 1.62. The summed E-state index contributed by atoms with van der Waals surface area (Å²) in [6.45, 7) is 0. The molecule has 1 aliphatic carbocycles. The third-order valence-electron chi connectivity index (χ3n) is 2.43. The molecule has 1 aliphatic rings. The zero-order valence-corrected chi connectivity index (χ0v) is 7.50. The summed E-state index contributed by atoms with van der Waals surface area (Å²) >= 11 is 0. The number of hydrogen-bond donors (Lipinski definition) is 1. The lowest BCUT2D eigenvalue weighted by Gasteiger charge is -2.19. The van der Waals surface area contributed by atoms with Gasteiger partial charge < -0.3 is 15.2 Å². The average molecular weight is 173 g/mol. The lowest BCUT2D eigenvalue weighted by atomic mass is 10.00. The smallest absolute Gasteiger partial charge is 0.325 e. The molecule has 0 unspecified atom stereocenters. The first kappa shape index (κ1) is 9.48. The fraction of sp³-hybridized carbons (Fsp3) is 0.875. The number of rotatable bonds is 2. The summed E-state index contributed by atoms with van der Waals surface area (Å²) in [6.07, 6.45) is 2.16. The van der Waals surface area contributed by atoms with Gasteiger partial charge in [-0.1, -0.05) is 0 Å². The van der Waals surface area contributed by atoms with Crippen LogP contribution >= 0.6 is 0 Å². The molecule has 12 heavy (non-hydrogen) atoms. The van der Waals surface area contributed by atoms with Crippen LogP contribution in [0.5, 0.6) is 0 Å². The monoisotopic (exact) mass is 173 g/mol. The Labute approximate surface area is 72.0 Å². The van der Waals surface area contributed by atoms with Crippen LogP contribution in [-0.4, -0.2) is 31.8 Å². The summed E-state index contributed by atoms with van der Waals surface area (Å²) < 4.78 is 9.72. The fourth-order valence-corrected chi connectivity index (χ4v) is 1.62. The van der Waals surface area contributed by atoms with Gasteiger partial charge in [0.05, 0.1) is 13.2 Å². The van der Waals surface area contributed by atoms with Crippen LogP contribution in [0.1, 0.15) is 19.3 Å². The lowest BCUT2D eigenvalue weighted by molar-refractivity contribution is -0.147. The van der Waals surface area contributed by atoms with Gasteiger partial charge in [0.25, 0.3) is 0 Å². The third-order valence-corrected chi connectivity index (χ3v) is 2.43. The standard InChI is InChI=1S/C8H15NO3/c1-11-6-3-4-8(9,5-6)7(10)12-2/h6H,3-5,9H2,1-2H3/t6-,8-/m0/s1. The molecule has 0 heterocycles. The van der Waals surface area contributed by atoms with E-state index in [2.05, 4.69) is 4.74 Å². The molecule has 0 aromatic rings. The largest absolute Gasteiger partial charge is 0.468 e. The Morgan fingerprint density at radius 1 is 1.58 bits per heavy atom. The van der Waals surface area contributed by atoms with E-state index < -0.39 is 5.54 Å². The maximum atomic E-state index is 11.2. The molecule has 0 spiro atoms. The maximum Gasteiger partial charge on any atom is 0.325 e. The van der Waals surface area contributed by atoms with E-state index in [-0.39, 0.29) is 12.1 Å². The molecule has 0 bridgehead atoms. The van der Waals surface area contributed by atoms with E-state index >= 15 is 0 Å². The number of carbonyl (C=O) groups is 1. The van der Waals surface area contributed by atoms with Gasteiger partial charge in [0.1, 0.15) is 5.54 Å². The molecule has 2 N–H and O–H groups in total. The van der Waals surface area contributed by atoms with Gasteiger partial charge in [-0.25, -0.2) is 0 Å². The number of nitrogens with two attached hydrogens (primary N) is 1. The van der Waals surface area contributed by atoms with E-state index in [1.165, 1.54) is 7.11 Å². The number of hydrogen-bond acceptors (Lipinski definition) is 4. The minimum Gasteiger partial charge on any atom is -0.468 e. The Balaban J connectivity index is 2.57. The van der Waals surface area contributed by atoms with Gasteiger partial charge in [0.15, 0.2) is 0 Å². The van der Waals surface area contributed by atoms with Crippen molar-refractivity contribution in [3.05, 3.63) is 0 Å². The van der Waals surface area contributed by atoms with Crippen LogP contribution in [-0.2, 0) is 14.3 Å². The predicted octanol–water partition coefficient (Wildman–Crippen LogP) is 0.0558. The van der Waals surface area contributed by atoms with Crippen molar-refractivity contribution in [3.8, 4) is 0 Å². The van der Waals surface area contributed by atoms with Crippen LogP contribution in [0, 0.1) is 0 Å². The minimum absolute atomic E-state index is 0.106. The second-order valence-corrected chi connectivity index (χ2v) is 3.25. The van der Waals surface area contributed by atoms with Crippen LogP contribution in [0.3, 0.4) is 0 Å². The first-order chi connectivity index (χ1) is 5.62. The third kappa shape index (κ3) is 1.59. The topological polar surface area (TPSA) is 61.5 Å². The van der Waals surface area contributed by atoms with Crippen LogP contribution in [0.4, 0.5) is 0 Å². The number of esters is 1. The van der Waals surface area contributed by atoms with Gasteiger partial charge >= 0.3 is 5.97 Å². The molecule has 0 aromatic heterocycles. The second kappa shape index (κ2) is 3.41. The van der Waals surface area contributed by atoms with Crippen molar-refractivity contribution in [2.24, 2.45) is 5.73 Å². The molecule has 0 saturated heterocycles. The van der Waals surface area contributed by atoms with Crippen molar-refractivity contribution in [2.45, 2.75) is 30.9 Å². The van der Waals surface area contributed by atoms with Gasteiger partial charge in [0.2, 0.25) is 0 Å². The highest BCUT2D eigenvalue weighted by Crippen LogP contribution is 2.30. The summed E-state index contributed by atoms with van der Waals surface area (Å²) in [5.74, 6) is -0.331. The molecule has 0 radical (unpaired) electrons. The van der Waals surface area contributed by atoms with Crippen LogP contribution in [0.25, 0.3) is 0 Å². The van der Waals surface area contributed by atoms with Crippen LogP contribution in [0.15, 0.2) is 0 Å². The summed E-state index contributed by atoms with van der Waals surface area (Å²) in [4.78, 5) is 11.2. The number of methoxy groups -OCH3 is 2. The summed E-state index contributed by atoms with van der Waals surface area (Å²) in [5, 5.41) is 0. The zero-order valence-electron chi connectivity index (χ0n) is 7.50. The van der Waals surface area contributed by atoms with E-state index in [1.807, 2.05) is 0 Å². The highest BCUT2D eigenvalue weighted by atomic mass is 16.5. The summed E-state index contributed by atoms with van der Waals surface area (Å²) in [6, 6.07) is 0. The molecule has 4 nitrogen and oxygen atoms in total. The van der Waals surface area contributed by atoms with Crippen molar-refractivity contribution in [1.29, 1.82) is 0 Å². The highest BCUT2D eigenvalue weighted by molar-refractivity contribution is 5.80. The first-order valence-corrected chi connectivity index (χ1v) is 4.02.